The lowest BCUT2D eigenvalue weighted by atomic mass is 10.3. The maximum atomic E-state index is 10.8. The quantitative estimate of drug-likeness (QED) is 0.639. The summed E-state index contributed by atoms with van der Waals surface area (Å²) in [4.78, 5) is 10.8. The van der Waals surface area contributed by atoms with E-state index < -0.39 is 0 Å². The molecule has 0 aromatic heterocycles. The van der Waals surface area contributed by atoms with Crippen LogP contribution in [0.15, 0.2) is 0 Å². The van der Waals surface area contributed by atoms with Gasteiger partial charge in [0.25, 0.3) is 0 Å². The van der Waals surface area contributed by atoms with Crippen molar-refractivity contribution in [3.63, 3.8) is 0 Å². The fraction of sp³-hybridized carbons (Fsp3) is 0.875. The number of hydrogen-bond acceptors (Lipinski definition) is 4. The van der Waals surface area contributed by atoms with Crippen LogP contribution in [-0.2, 0) is 9.53 Å². The fourth-order valence-corrected chi connectivity index (χ4v) is 1.47. The third-order valence-electron chi connectivity index (χ3n) is 1.31. The maximum absolute atomic E-state index is 10.8. The maximum Gasteiger partial charge on any atom is 0.315 e. The highest BCUT2D eigenvalue weighted by Crippen LogP contribution is 2.05. The number of ether oxygens (including phenoxy) is 1. The molecule has 0 rings (SSSR count). The van der Waals surface area contributed by atoms with E-state index in [0.29, 0.717) is 18.1 Å². The van der Waals surface area contributed by atoms with Crippen molar-refractivity contribution in [2.24, 2.45) is 0 Å². The van der Waals surface area contributed by atoms with Gasteiger partial charge in [-0.05, 0) is 13.3 Å². The molecule has 3 nitrogen and oxygen atoms in total. The van der Waals surface area contributed by atoms with Crippen LogP contribution in [0.5, 0.6) is 0 Å². The Morgan fingerprint density at radius 3 is 2.75 bits per heavy atom. The molecule has 0 aliphatic heterocycles. The van der Waals surface area contributed by atoms with Crippen molar-refractivity contribution in [2.75, 3.05) is 18.1 Å². The van der Waals surface area contributed by atoms with Gasteiger partial charge in [0, 0.05) is 5.75 Å². The summed E-state index contributed by atoms with van der Waals surface area (Å²) in [7, 11) is 0. The molecule has 1 unspecified atom stereocenters. The van der Waals surface area contributed by atoms with Gasteiger partial charge in [-0.2, -0.15) is 0 Å². The minimum atomic E-state index is -0.301. The van der Waals surface area contributed by atoms with Crippen molar-refractivity contribution in [1.82, 2.24) is 0 Å². The Morgan fingerprint density at radius 1 is 1.58 bits per heavy atom. The Hall–Kier alpha value is -0.220. The van der Waals surface area contributed by atoms with E-state index in [-0.39, 0.29) is 12.1 Å². The zero-order chi connectivity index (χ0) is 9.40. The van der Waals surface area contributed by atoms with Crippen LogP contribution in [0.4, 0.5) is 0 Å². The van der Waals surface area contributed by atoms with Gasteiger partial charge in [-0.1, -0.05) is 6.92 Å². The van der Waals surface area contributed by atoms with Gasteiger partial charge < -0.3 is 9.84 Å². The SMILES string of the molecule is CCOC(=O)CSCC(O)CC. The molecule has 0 aliphatic carbocycles. The molecular weight excluding hydrogens is 176 g/mol. The minimum absolute atomic E-state index is 0.203. The van der Waals surface area contributed by atoms with Crippen molar-refractivity contribution in [3.8, 4) is 0 Å². The van der Waals surface area contributed by atoms with Gasteiger partial charge in [-0.15, -0.1) is 11.8 Å². The summed E-state index contributed by atoms with van der Waals surface area (Å²) in [5.74, 6) is 0.742. The van der Waals surface area contributed by atoms with E-state index in [2.05, 4.69) is 0 Å². The smallest absolute Gasteiger partial charge is 0.315 e. The Kier molecular flexibility index (Phi) is 7.29. The number of aliphatic hydroxyl groups is 1. The topological polar surface area (TPSA) is 46.5 Å². The molecule has 1 atom stereocenters. The summed E-state index contributed by atoms with van der Waals surface area (Å²) in [6.45, 7) is 4.12. The van der Waals surface area contributed by atoms with Crippen LogP contribution >= 0.6 is 11.8 Å². The van der Waals surface area contributed by atoms with Crippen molar-refractivity contribution in [1.29, 1.82) is 0 Å². The molecule has 0 saturated heterocycles. The summed E-state index contributed by atoms with van der Waals surface area (Å²) in [6.07, 6.45) is 0.431. The van der Waals surface area contributed by atoms with Gasteiger partial charge >= 0.3 is 5.97 Å². The summed E-state index contributed by atoms with van der Waals surface area (Å²) in [5, 5.41) is 9.13. The van der Waals surface area contributed by atoms with Crippen molar-refractivity contribution >= 4 is 17.7 Å². The van der Waals surface area contributed by atoms with Gasteiger partial charge in [0.05, 0.1) is 18.5 Å². The standard InChI is InChI=1S/C8H16O3S/c1-3-7(9)5-12-6-8(10)11-4-2/h7,9H,3-6H2,1-2H3. The predicted molar refractivity (Wildman–Crippen MR) is 50.3 cm³/mol. The molecule has 0 saturated carbocycles. The first-order valence-corrected chi connectivity index (χ1v) is 5.27. The molecule has 0 heterocycles. The zero-order valence-corrected chi connectivity index (χ0v) is 8.39. The number of aliphatic hydroxyl groups excluding tert-OH is 1. The lowest BCUT2D eigenvalue weighted by Crippen LogP contribution is -2.12. The highest BCUT2D eigenvalue weighted by Gasteiger charge is 2.04. The molecule has 1 N–H and O–H groups in total. The van der Waals surface area contributed by atoms with Crippen LogP contribution in [-0.4, -0.2) is 35.3 Å². The van der Waals surface area contributed by atoms with Crippen molar-refractivity contribution in [2.45, 2.75) is 26.4 Å². The van der Waals surface area contributed by atoms with E-state index in [1.165, 1.54) is 11.8 Å². The molecule has 72 valence electrons. The highest BCUT2D eigenvalue weighted by molar-refractivity contribution is 7.99. The summed E-state index contributed by atoms with van der Waals surface area (Å²) in [6, 6.07) is 0. The predicted octanol–water partition coefficient (Wildman–Crippen LogP) is 1.05. The number of carbonyl (C=O) groups excluding carboxylic acids is 1. The van der Waals surface area contributed by atoms with Gasteiger partial charge in [0.2, 0.25) is 0 Å². The Labute approximate surface area is 77.5 Å². The normalized spacial score (nSPS) is 12.6. The van der Waals surface area contributed by atoms with Crippen LogP contribution in [0.1, 0.15) is 20.3 Å². The first kappa shape index (κ1) is 11.8. The molecule has 12 heavy (non-hydrogen) atoms. The fourth-order valence-electron chi connectivity index (χ4n) is 0.599. The van der Waals surface area contributed by atoms with E-state index in [0.717, 1.165) is 6.42 Å². The average molecular weight is 192 g/mol. The molecule has 0 aliphatic rings. The van der Waals surface area contributed by atoms with Crippen LogP contribution in [0.25, 0.3) is 0 Å². The van der Waals surface area contributed by atoms with Gasteiger partial charge in [-0.25, -0.2) is 0 Å². The van der Waals surface area contributed by atoms with E-state index in [9.17, 15) is 4.79 Å². The van der Waals surface area contributed by atoms with Crippen molar-refractivity contribution < 1.29 is 14.6 Å². The van der Waals surface area contributed by atoms with Crippen molar-refractivity contribution in [3.05, 3.63) is 0 Å². The lowest BCUT2D eigenvalue weighted by molar-refractivity contribution is -0.139. The number of esters is 1. The second-order valence-corrected chi connectivity index (χ2v) is 3.41. The second kappa shape index (κ2) is 7.43. The molecule has 0 amide bonds. The van der Waals surface area contributed by atoms with Crippen LogP contribution in [0.2, 0.25) is 0 Å². The summed E-state index contributed by atoms with van der Waals surface area (Å²) < 4.78 is 4.72. The van der Waals surface area contributed by atoms with Gasteiger partial charge in [0.1, 0.15) is 0 Å². The molecule has 0 fully saturated rings. The minimum Gasteiger partial charge on any atom is -0.465 e. The van der Waals surface area contributed by atoms with Gasteiger partial charge in [-0.3, -0.25) is 4.79 Å². The highest BCUT2D eigenvalue weighted by atomic mass is 32.2. The molecule has 0 aromatic rings. The lowest BCUT2D eigenvalue weighted by Gasteiger charge is -2.06. The van der Waals surface area contributed by atoms with Gasteiger partial charge in [0.15, 0.2) is 0 Å². The van der Waals surface area contributed by atoms with E-state index in [1.807, 2.05) is 6.92 Å². The molecular formula is C8H16O3S. The third-order valence-corrected chi connectivity index (χ3v) is 2.37. The second-order valence-electron chi connectivity index (χ2n) is 2.38. The average Bonchev–Trinajstić information content (AvgIpc) is 2.04. The molecule has 4 heteroatoms. The Balaban J connectivity index is 3.24. The zero-order valence-electron chi connectivity index (χ0n) is 7.58. The Bertz CT molecular complexity index is 127. The number of hydrogen-bond donors (Lipinski definition) is 1. The largest absolute Gasteiger partial charge is 0.465 e. The third kappa shape index (κ3) is 6.49. The number of carbonyl (C=O) groups is 1. The number of rotatable bonds is 6. The molecule has 0 spiro atoms. The Morgan fingerprint density at radius 2 is 2.25 bits per heavy atom. The molecule has 0 radical (unpaired) electrons. The van der Waals surface area contributed by atoms with Crippen LogP contribution in [0, 0.1) is 0 Å². The summed E-state index contributed by atoms with van der Waals surface area (Å²) >= 11 is 1.41. The van der Waals surface area contributed by atoms with E-state index in [1.54, 1.807) is 6.92 Å². The van der Waals surface area contributed by atoms with E-state index >= 15 is 0 Å². The van der Waals surface area contributed by atoms with Crippen LogP contribution in [0.3, 0.4) is 0 Å². The monoisotopic (exact) mass is 192 g/mol. The molecule has 0 bridgehead atoms. The summed E-state index contributed by atoms with van der Waals surface area (Å²) in [5.41, 5.74) is 0. The first-order chi connectivity index (χ1) is 5.70. The van der Waals surface area contributed by atoms with Crippen LogP contribution < -0.4 is 0 Å². The first-order valence-electron chi connectivity index (χ1n) is 4.12. The molecule has 0 aromatic carbocycles. The number of thioether (sulfide) groups is 1. The van der Waals surface area contributed by atoms with E-state index in [4.69, 9.17) is 9.84 Å².